The first-order chi connectivity index (χ1) is 18.6. The maximum Gasteiger partial charge on any atom is 0.301 e. The topological polar surface area (TPSA) is 221 Å². The smallest absolute Gasteiger partial charge is 0.271 e. The number of nitrogens with one attached hydrogen (secondary N) is 2. The second-order valence-corrected chi connectivity index (χ2v) is 9.06. The molecule has 3 aliphatic carbocycles. The molecule has 2 aromatic carbocycles. The van der Waals surface area contributed by atoms with Gasteiger partial charge in [0.2, 0.25) is 0 Å². The number of nitrogens with zero attached hydrogens (tertiary/aromatic N) is 6. The molecule has 2 bridgehead atoms. The Bertz CT molecular complexity index is 1440. The zero-order valence-electron chi connectivity index (χ0n) is 19.7. The van der Waals surface area contributed by atoms with Crippen LogP contribution in [0.25, 0.3) is 0 Å². The van der Waals surface area contributed by atoms with Crippen molar-refractivity contribution < 1.29 is 19.7 Å². The molecule has 4 atom stereocenters. The molecule has 39 heavy (non-hydrogen) atoms. The Morgan fingerprint density at radius 2 is 1.05 bits per heavy atom. The van der Waals surface area contributed by atoms with E-state index in [1.807, 2.05) is 0 Å². The van der Waals surface area contributed by atoms with Gasteiger partial charge in [-0.2, -0.15) is 10.2 Å². The van der Waals surface area contributed by atoms with E-state index in [2.05, 4.69) is 33.2 Å². The second kappa shape index (κ2) is 9.73. The Balaban J connectivity index is 1.44. The van der Waals surface area contributed by atoms with E-state index < -0.39 is 42.4 Å². The normalized spacial score (nSPS) is 24.5. The maximum atomic E-state index is 11.5. The van der Waals surface area contributed by atoms with E-state index in [1.165, 1.54) is 12.1 Å². The van der Waals surface area contributed by atoms with Gasteiger partial charge in [-0.05, 0) is 42.5 Å². The van der Waals surface area contributed by atoms with Crippen molar-refractivity contribution in [2.45, 2.75) is 6.42 Å². The van der Waals surface area contributed by atoms with Crippen LogP contribution in [0, 0.1) is 64.1 Å². The lowest BCUT2D eigenvalue weighted by molar-refractivity contribution is -0.393. The molecule has 198 valence electrons. The van der Waals surface area contributed by atoms with E-state index in [0.717, 1.165) is 30.7 Å². The number of hydrogen-bond acceptors (Lipinski definition) is 12. The first-order valence-electron chi connectivity index (χ1n) is 11.5. The molecule has 0 saturated heterocycles. The molecule has 0 aromatic heterocycles. The third-order valence-electron chi connectivity index (χ3n) is 6.96. The SMILES string of the molecule is O=[N+]([O-])c1ccc(N/N=C2C=C/C(=N/Nc3ccc([N+](=O)[O-])cc3[N+](=O)[O-])[C@@H]3[C@@H]/2[C@@H]2C=C[C@@H]3C2)c([N+](=O)[O-])c1. The summed E-state index contributed by atoms with van der Waals surface area (Å²) < 4.78 is 0. The Morgan fingerprint density at radius 3 is 1.41 bits per heavy atom. The summed E-state index contributed by atoms with van der Waals surface area (Å²) in [6.07, 6.45) is 8.34. The van der Waals surface area contributed by atoms with Crippen LogP contribution < -0.4 is 10.9 Å². The number of hydrazone groups is 2. The summed E-state index contributed by atoms with van der Waals surface area (Å²) in [7, 11) is 0. The summed E-state index contributed by atoms with van der Waals surface area (Å²) >= 11 is 0. The fraction of sp³-hybridized carbons (Fsp3) is 0.217. The van der Waals surface area contributed by atoms with Crippen LogP contribution in [0.2, 0.25) is 0 Å². The molecule has 1 fully saturated rings. The lowest BCUT2D eigenvalue weighted by Crippen LogP contribution is -2.36. The molecule has 0 spiro atoms. The van der Waals surface area contributed by atoms with Gasteiger partial charge in [-0.3, -0.25) is 51.3 Å². The van der Waals surface area contributed by atoms with Crippen molar-refractivity contribution >= 4 is 45.5 Å². The fourth-order valence-corrected chi connectivity index (χ4v) is 5.25. The molecular weight excluding hydrogens is 516 g/mol. The molecule has 0 amide bonds. The van der Waals surface area contributed by atoms with Gasteiger partial charge in [-0.25, -0.2) is 0 Å². The Labute approximate surface area is 218 Å². The number of hydrogen-bond donors (Lipinski definition) is 2. The predicted octanol–water partition coefficient (Wildman–Crippen LogP) is 4.56. The number of anilines is 2. The minimum Gasteiger partial charge on any atom is -0.271 e. The number of allylic oxidation sites excluding steroid dienone is 4. The monoisotopic (exact) mass is 534 g/mol. The molecule has 2 aromatic rings. The number of benzene rings is 2. The first kappa shape index (κ1) is 25.1. The standard InChI is InChI=1S/C23H18N8O8/c32-28(33)14-3-5-16(20(10-14)30(36)37)24-26-18-7-8-19(23-13-2-1-12(9-13)22(18)23)27-25-17-6-4-15(29(34)35)11-21(17)31(38)39/h1-8,10-13,22-25H,9H2/b26-18-,27-19-/t12-,13-,22-,23-/m1/s1. The van der Waals surface area contributed by atoms with Crippen LogP contribution in [0.15, 0.2) is 70.9 Å². The Morgan fingerprint density at radius 1 is 0.641 bits per heavy atom. The van der Waals surface area contributed by atoms with Gasteiger partial charge >= 0.3 is 11.4 Å². The highest BCUT2D eigenvalue weighted by atomic mass is 16.6. The molecule has 5 rings (SSSR count). The van der Waals surface area contributed by atoms with Crippen LogP contribution in [0.1, 0.15) is 6.42 Å². The highest BCUT2D eigenvalue weighted by Crippen LogP contribution is 2.51. The lowest BCUT2D eigenvalue weighted by Gasteiger charge is -2.31. The Kier molecular flexibility index (Phi) is 6.27. The summed E-state index contributed by atoms with van der Waals surface area (Å²) in [4.78, 5) is 42.0. The van der Waals surface area contributed by atoms with Crippen molar-refractivity contribution in [2.24, 2.45) is 33.9 Å². The number of nitro groups is 4. The van der Waals surface area contributed by atoms with E-state index >= 15 is 0 Å². The van der Waals surface area contributed by atoms with Crippen LogP contribution >= 0.6 is 0 Å². The van der Waals surface area contributed by atoms with Crippen LogP contribution in [-0.2, 0) is 0 Å². The van der Waals surface area contributed by atoms with Crippen molar-refractivity contribution in [1.29, 1.82) is 0 Å². The molecule has 2 N–H and O–H groups in total. The average Bonchev–Trinajstić information content (AvgIpc) is 3.53. The molecule has 1 saturated carbocycles. The highest BCUT2D eigenvalue weighted by Gasteiger charge is 2.49. The van der Waals surface area contributed by atoms with Gasteiger partial charge in [-0.15, -0.1) is 0 Å². The summed E-state index contributed by atoms with van der Waals surface area (Å²) in [5.74, 6) is -0.0310. The zero-order valence-corrected chi connectivity index (χ0v) is 19.7. The van der Waals surface area contributed by atoms with Gasteiger partial charge in [0.25, 0.3) is 11.4 Å². The van der Waals surface area contributed by atoms with Crippen LogP contribution in [-0.4, -0.2) is 31.1 Å². The van der Waals surface area contributed by atoms with Gasteiger partial charge in [0.05, 0.1) is 43.2 Å². The van der Waals surface area contributed by atoms with E-state index in [4.69, 9.17) is 0 Å². The predicted molar refractivity (Wildman–Crippen MR) is 138 cm³/mol. The van der Waals surface area contributed by atoms with Gasteiger partial charge in [0.1, 0.15) is 11.4 Å². The van der Waals surface area contributed by atoms with E-state index in [9.17, 15) is 40.5 Å². The van der Waals surface area contributed by atoms with E-state index in [-0.39, 0.29) is 35.0 Å². The molecular formula is C23H18N8O8. The molecule has 16 nitrogen and oxygen atoms in total. The summed E-state index contributed by atoms with van der Waals surface area (Å²) in [5, 5.41) is 53.7. The maximum absolute atomic E-state index is 11.5. The fourth-order valence-electron chi connectivity index (χ4n) is 5.25. The van der Waals surface area contributed by atoms with Crippen LogP contribution in [0.3, 0.4) is 0 Å². The molecule has 0 aliphatic heterocycles. The van der Waals surface area contributed by atoms with E-state index in [1.54, 1.807) is 12.2 Å². The van der Waals surface area contributed by atoms with Crippen molar-refractivity contribution in [3.8, 4) is 0 Å². The summed E-state index contributed by atoms with van der Waals surface area (Å²) in [6, 6.07) is 6.44. The quantitative estimate of drug-likeness (QED) is 0.273. The number of fused-ring (bicyclic) bond motifs is 5. The van der Waals surface area contributed by atoms with Gasteiger partial charge < -0.3 is 0 Å². The van der Waals surface area contributed by atoms with Gasteiger partial charge in [0, 0.05) is 24.0 Å². The zero-order chi connectivity index (χ0) is 27.8. The van der Waals surface area contributed by atoms with Gasteiger partial charge in [-0.1, -0.05) is 12.2 Å². The van der Waals surface area contributed by atoms with E-state index in [0.29, 0.717) is 11.4 Å². The number of non-ortho nitro benzene ring substituents is 2. The third-order valence-corrected chi connectivity index (χ3v) is 6.96. The first-order valence-corrected chi connectivity index (χ1v) is 11.5. The lowest BCUT2D eigenvalue weighted by atomic mass is 9.74. The minimum absolute atomic E-state index is 0.00615. The van der Waals surface area contributed by atoms with Crippen molar-refractivity contribution in [1.82, 2.24) is 0 Å². The summed E-state index contributed by atoms with van der Waals surface area (Å²) in [5.41, 5.74) is 4.71. The molecule has 16 heteroatoms. The van der Waals surface area contributed by atoms with Crippen LogP contribution in [0.5, 0.6) is 0 Å². The van der Waals surface area contributed by atoms with Crippen molar-refractivity contribution in [3.63, 3.8) is 0 Å². The highest BCUT2D eigenvalue weighted by molar-refractivity contribution is 6.13. The minimum atomic E-state index is -0.733. The third kappa shape index (κ3) is 4.65. The largest absolute Gasteiger partial charge is 0.301 e. The number of rotatable bonds is 8. The van der Waals surface area contributed by atoms with Gasteiger partial charge in [0.15, 0.2) is 0 Å². The van der Waals surface area contributed by atoms with Crippen LogP contribution in [0.4, 0.5) is 34.1 Å². The van der Waals surface area contributed by atoms with Crippen molar-refractivity contribution in [2.75, 3.05) is 10.9 Å². The number of nitro benzene ring substituents is 4. The Hall–Kier alpha value is -5.54. The molecule has 3 aliphatic rings. The average molecular weight is 534 g/mol. The second-order valence-electron chi connectivity index (χ2n) is 9.06. The summed E-state index contributed by atoms with van der Waals surface area (Å²) in [6.45, 7) is 0. The molecule has 0 heterocycles. The van der Waals surface area contributed by atoms with Crippen molar-refractivity contribution in [3.05, 3.63) is 101 Å². The molecule has 0 unspecified atom stereocenters. The molecule has 0 radical (unpaired) electrons.